The van der Waals surface area contributed by atoms with Crippen molar-refractivity contribution in [1.82, 2.24) is 10.6 Å². The second kappa shape index (κ2) is 9.88. The van der Waals surface area contributed by atoms with Crippen molar-refractivity contribution in [3.63, 3.8) is 0 Å². The van der Waals surface area contributed by atoms with Crippen LogP contribution in [-0.4, -0.2) is 24.9 Å². The van der Waals surface area contributed by atoms with Gasteiger partial charge in [0.05, 0.1) is 5.69 Å². The monoisotopic (exact) mass is 383 g/mol. The van der Waals surface area contributed by atoms with Gasteiger partial charge in [-0.15, -0.1) is 12.4 Å². The van der Waals surface area contributed by atoms with E-state index in [2.05, 4.69) is 16.0 Å². The van der Waals surface area contributed by atoms with E-state index >= 15 is 0 Å². The highest BCUT2D eigenvalue weighted by Gasteiger charge is 2.21. The predicted octanol–water partition coefficient (Wildman–Crippen LogP) is 2.92. The van der Waals surface area contributed by atoms with E-state index in [0.717, 1.165) is 37.8 Å². The van der Waals surface area contributed by atoms with Gasteiger partial charge >= 0.3 is 0 Å². The quantitative estimate of drug-likeness (QED) is 0.732. The molecule has 3 N–H and O–H groups in total. The summed E-state index contributed by atoms with van der Waals surface area (Å²) < 4.78 is 14.5. The molecule has 26 heavy (non-hydrogen) atoms. The van der Waals surface area contributed by atoms with Gasteiger partial charge in [0.2, 0.25) is 11.8 Å². The molecule has 0 atom stereocenters. The fourth-order valence-electron chi connectivity index (χ4n) is 3.65. The molecule has 1 saturated carbocycles. The molecule has 2 aliphatic rings. The fourth-order valence-corrected chi connectivity index (χ4v) is 3.65. The highest BCUT2D eigenvalue weighted by atomic mass is 35.5. The van der Waals surface area contributed by atoms with E-state index in [1.165, 1.54) is 6.42 Å². The van der Waals surface area contributed by atoms with Crippen LogP contribution in [0.15, 0.2) is 12.1 Å². The van der Waals surface area contributed by atoms with E-state index < -0.39 is 0 Å². The van der Waals surface area contributed by atoms with Crippen molar-refractivity contribution >= 4 is 29.9 Å². The first-order valence-electron chi connectivity index (χ1n) is 9.23. The Morgan fingerprint density at radius 1 is 1.19 bits per heavy atom. The molecule has 3 rings (SSSR count). The molecule has 1 fully saturated rings. The van der Waals surface area contributed by atoms with Crippen LogP contribution in [0.2, 0.25) is 0 Å². The number of nitrogens with one attached hydrogen (secondary N) is 3. The predicted molar refractivity (Wildman–Crippen MR) is 102 cm³/mol. The van der Waals surface area contributed by atoms with Gasteiger partial charge in [-0.1, -0.05) is 25.3 Å². The van der Waals surface area contributed by atoms with Gasteiger partial charge in [0, 0.05) is 25.4 Å². The number of anilines is 1. The van der Waals surface area contributed by atoms with Crippen LogP contribution in [0.5, 0.6) is 0 Å². The number of hydrogen-bond acceptors (Lipinski definition) is 3. The van der Waals surface area contributed by atoms with Crippen molar-refractivity contribution in [2.24, 2.45) is 5.92 Å². The molecule has 2 amide bonds. The summed E-state index contributed by atoms with van der Waals surface area (Å²) in [6.07, 6.45) is 6.06. The maximum absolute atomic E-state index is 14.5. The summed E-state index contributed by atoms with van der Waals surface area (Å²) in [6.45, 7) is 1.69. The summed E-state index contributed by atoms with van der Waals surface area (Å²) in [4.78, 5) is 24.1. The Morgan fingerprint density at radius 2 is 1.96 bits per heavy atom. The highest BCUT2D eigenvalue weighted by molar-refractivity contribution is 5.91. The van der Waals surface area contributed by atoms with E-state index in [4.69, 9.17) is 0 Å². The third-order valence-electron chi connectivity index (χ3n) is 5.11. The first-order chi connectivity index (χ1) is 12.1. The van der Waals surface area contributed by atoms with E-state index in [1.807, 2.05) is 6.07 Å². The zero-order chi connectivity index (χ0) is 17.6. The number of fused-ring (bicyclic) bond motifs is 1. The van der Waals surface area contributed by atoms with Gasteiger partial charge in [0.15, 0.2) is 0 Å². The van der Waals surface area contributed by atoms with Gasteiger partial charge in [0.25, 0.3) is 0 Å². The zero-order valence-electron chi connectivity index (χ0n) is 14.9. The molecule has 144 valence electrons. The molecule has 1 aromatic carbocycles. The SMILES string of the molecule is Cl.O=C(CCNC(=O)C1CCCCC1)Nc1ccc2c(c1F)CCNC2. The van der Waals surface area contributed by atoms with Crippen LogP contribution in [0.3, 0.4) is 0 Å². The normalized spacial score (nSPS) is 17.0. The summed E-state index contributed by atoms with van der Waals surface area (Å²) in [6, 6.07) is 3.46. The third-order valence-corrected chi connectivity index (χ3v) is 5.11. The van der Waals surface area contributed by atoms with E-state index in [1.54, 1.807) is 6.07 Å². The van der Waals surface area contributed by atoms with Gasteiger partial charge in [-0.25, -0.2) is 4.39 Å². The van der Waals surface area contributed by atoms with Crippen LogP contribution >= 0.6 is 12.4 Å². The van der Waals surface area contributed by atoms with E-state index in [0.29, 0.717) is 18.5 Å². The second-order valence-electron chi connectivity index (χ2n) is 6.92. The Hall–Kier alpha value is -1.66. The summed E-state index contributed by atoms with van der Waals surface area (Å²) in [5, 5.41) is 8.66. The Kier molecular flexibility index (Phi) is 7.85. The van der Waals surface area contributed by atoms with E-state index in [9.17, 15) is 14.0 Å². The smallest absolute Gasteiger partial charge is 0.226 e. The Morgan fingerprint density at radius 3 is 2.73 bits per heavy atom. The van der Waals surface area contributed by atoms with Gasteiger partial charge in [-0.3, -0.25) is 9.59 Å². The summed E-state index contributed by atoms with van der Waals surface area (Å²) in [7, 11) is 0. The van der Waals surface area contributed by atoms with E-state index in [-0.39, 0.29) is 54.6 Å². The molecule has 0 saturated heterocycles. The number of benzene rings is 1. The Bertz CT molecular complexity index is 648. The minimum Gasteiger partial charge on any atom is -0.355 e. The molecule has 0 spiro atoms. The lowest BCUT2D eigenvalue weighted by Crippen LogP contribution is -2.34. The number of amides is 2. The lowest BCUT2D eigenvalue weighted by Gasteiger charge is -2.21. The first kappa shape index (κ1) is 20.6. The molecule has 0 radical (unpaired) electrons. The van der Waals surface area contributed by atoms with Crippen molar-refractivity contribution in [3.8, 4) is 0 Å². The average molecular weight is 384 g/mol. The first-order valence-corrected chi connectivity index (χ1v) is 9.23. The van der Waals surface area contributed by atoms with Crippen LogP contribution in [0.1, 0.15) is 49.7 Å². The lowest BCUT2D eigenvalue weighted by molar-refractivity contribution is -0.126. The molecule has 0 unspecified atom stereocenters. The summed E-state index contributed by atoms with van der Waals surface area (Å²) in [5.74, 6) is -0.487. The third kappa shape index (κ3) is 5.17. The second-order valence-corrected chi connectivity index (χ2v) is 6.92. The number of carbonyl (C=O) groups excluding carboxylic acids is 2. The van der Waals surface area contributed by atoms with Crippen LogP contribution in [0.4, 0.5) is 10.1 Å². The summed E-state index contributed by atoms with van der Waals surface area (Å²) >= 11 is 0. The molecule has 7 heteroatoms. The molecule has 1 aliphatic heterocycles. The molecule has 0 bridgehead atoms. The van der Waals surface area contributed by atoms with Crippen molar-refractivity contribution in [2.75, 3.05) is 18.4 Å². The number of halogens is 2. The largest absolute Gasteiger partial charge is 0.355 e. The van der Waals surface area contributed by atoms with Gasteiger partial charge in [-0.2, -0.15) is 0 Å². The number of carbonyl (C=O) groups is 2. The molecular weight excluding hydrogens is 357 g/mol. The van der Waals surface area contributed by atoms with Crippen molar-refractivity contribution in [3.05, 3.63) is 29.1 Å². The Labute approximate surface area is 159 Å². The highest BCUT2D eigenvalue weighted by Crippen LogP contribution is 2.25. The zero-order valence-corrected chi connectivity index (χ0v) is 15.7. The number of rotatable bonds is 5. The van der Waals surface area contributed by atoms with Crippen molar-refractivity contribution < 1.29 is 14.0 Å². The maximum Gasteiger partial charge on any atom is 0.226 e. The van der Waals surface area contributed by atoms with Gasteiger partial charge in [-0.05, 0) is 43.0 Å². The minimum absolute atomic E-state index is 0. The van der Waals surface area contributed by atoms with Crippen LogP contribution in [-0.2, 0) is 22.6 Å². The standard InChI is InChI=1S/C19H26FN3O2.ClH/c20-18-15-8-10-21-12-14(15)6-7-16(18)23-17(24)9-11-22-19(25)13-4-2-1-3-5-13;/h6-7,13,21H,1-5,8-12H2,(H,22,25)(H,23,24);1H. The van der Waals surface area contributed by atoms with Gasteiger partial charge in [0.1, 0.15) is 5.82 Å². The average Bonchev–Trinajstić information content (AvgIpc) is 2.65. The fraction of sp³-hybridized carbons (Fsp3) is 0.579. The van der Waals surface area contributed by atoms with Crippen LogP contribution in [0.25, 0.3) is 0 Å². The Balaban J connectivity index is 0.00000243. The molecular formula is C19H27ClFN3O2. The minimum atomic E-state index is -0.335. The van der Waals surface area contributed by atoms with Crippen molar-refractivity contribution in [2.45, 2.75) is 51.5 Å². The lowest BCUT2D eigenvalue weighted by atomic mass is 9.89. The molecule has 5 nitrogen and oxygen atoms in total. The molecule has 1 heterocycles. The van der Waals surface area contributed by atoms with Crippen molar-refractivity contribution in [1.29, 1.82) is 0 Å². The summed E-state index contributed by atoms with van der Waals surface area (Å²) in [5.41, 5.74) is 1.85. The topological polar surface area (TPSA) is 70.2 Å². The molecule has 1 aliphatic carbocycles. The van der Waals surface area contributed by atoms with Crippen LogP contribution in [0, 0.1) is 11.7 Å². The number of hydrogen-bond donors (Lipinski definition) is 3. The molecule has 0 aromatic heterocycles. The maximum atomic E-state index is 14.5. The molecule has 1 aromatic rings. The van der Waals surface area contributed by atoms with Gasteiger partial charge < -0.3 is 16.0 Å². The van der Waals surface area contributed by atoms with Crippen LogP contribution < -0.4 is 16.0 Å².